The van der Waals surface area contributed by atoms with Gasteiger partial charge in [-0.3, -0.25) is 4.79 Å². The van der Waals surface area contributed by atoms with Crippen LogP contribution in [0.15, 0.2) is 46.2 Å². The van der Waals surface area contributed by atoms with E-state index in [2.05, 4.69) is 15.0 Å². The average Bonchev–Trinajstić information content (AvgIpc) is 2.50. The van der Waals surface area contributed by atoms with Gasteiger partial charge >= 0.3 is 0 Å². The van der Waals surface area contributed by atoms with Crippen molar-refractivity contribution in [1.82, 2.24) is 14.7 Å². The van der Waals surface area contributed by atoms with Crippen molar-refractivity contribution >= 4 is 17.2 Å². The zero-order valence-corrected chi connectivity index (χ0v) is 13.4. The second-order valence-corrected chi connectivity index (χ2v) is 5.50. The van der Waals surface area contributed by atoms with Crippen LogP contribution in [0.2, 0.25) is 0 Å². The zero-order valence-electron chi connectivity index (χ0n) is 13.4. The highest BCUT2D eigenvalue weighted by atomic mass is 16.1. The van der Waals surface area contributed by atoms with E-state index in [0.717, 1.165) is 13.0 Å². The predicted molar refractivity (Wildman–Crippen MR) is 92.9 cm³/mol. The molecule has 0 amide bonds. The lowest BCUT2D eigenvalue weighted by Crippen LogP contribution is -2.29. The largest absolute Gasteiger partial charge is 0.397 e. The van der Waals surface area contributed by atoms with E-state index in [1.165, 1.54) is 10.7 Å². The fraction of sp³-hybridized carbons (Fsp3) is 0.312. The topological polar surface area (TPSA) is 103 Å². The van der Waals surface area contributed by atoms with Gasteiger partial charge in [0.2, 0.25) is 0 Å². The van der Waals surface area contributed by atoms with Gasteiger partial charge in [0, 0.05) is 12.6 Å². The number of nitrogens with zero attached hydrogens (tertiary/aromatic N) is 4. The number of hydrogen-bond donors (Lipinski definition) is 2. The molecule has 0 unspecified atom stereocenters. The Bertz CT molecular complexity index is 736. The first-order valence-corrected chi connectivity index (χ1v) is 7.39. The molecule has 0 radical (unpaired) electrons. The highest BCUT2D eigenvalue weighted by Crippen LogP contribution is 2.12. The molecule has 7 nitrogen and oxygen atoms in total. The van der Waals surface area contributed by atoms with Crippen molar-refractivity contribution in [1.29, 1.82) is 0 Å². The second kappa shape index (κ2) is 7.55. The number of para-hydroxylation sites is 1. The quantitative estimate of drug-likeness (QED) is 0.607. The van der Waals surface area contributed by atoms with Gasteiger partial charge in [-0.15, -0.1) is 0 Å². The normalized spacial score (nSPS) is 11.9. The summed E-state index contributed by atoms with van der Waals surface area (Å²) in [4.78, 5) is 18.3. The van der Waals surface area contributed by atoms with Crippen LogP contribution in [-0.2, 0) is 6.54 Å². The van der Waals surface area contributed by atoms with E-state index in [9.17, 15) is 4.79 Å². The maximum absolute atomic E-state index is 12.0. The molecule has 0 spiro atoms. The van der Waals surface area contributed by atoms with Crippen molar-refractivity contribution in [3.63, 3.8) is 0 Å². The first kappa shape index (κ1) is 16.7. The van der Waals surface area contributed by atoms with Gasteiger partial charge in [0.25, 0.3) is 5.56 Å². The fourth-order valence-corrected chi connectivity index (χ4v) is 2.09. The Labute approximate surface area is 135 Å². The van der Waals surface area contributed by atoms with Crippen LogP contribution in [0.5, 0.6) is 0 Å². The van der Waals surface area contributed by atoms with Gasteiger partial charge in [-0.25, -0.2) is 9.67 Å². The Hall–Kier alpha value is -2.67. The minimum absolute atomic E-state index is 0.190. The van der Waals surface area contributed by atoms with Crippen LogP contribution in [0.1, 0.15) is 12.1 Å². The lowest BCUT2D eigenvalue weighted by Gasteiger charge is -2.11. The number of amidine groups is 1. The number of nitrogens with two attached hydrogens (primary N) is 2. The van der Waals surface area contributed by atoms with Gasteiger partial charge in [0.15, 0.2) is 5.84 Å². The highest BCUT2D eigenvalue weighted by Gasteiger charge is 2.10. The van der Waals surface area contributed by atoms with E-state index >= 15 is 0 Å². The summed E-state index contributed by atoms with van der Waals surface area (Å²) in [6, 6.07) is 10.6. The molecule has 122 valence electrons. The summed E-state index contributed by atoms with van der Waals surface area (Å²) in [6.45, 7) is 1.37. The molecule has 1 aromatic carbocycles. The molecule has 0 fully saturated rings. The number of anilines is 1. The molecule has 2 aromatic rings. The molecule has 2 rings (SSSR count). The van der Waals surface area contributed by atoms with Crippen molar-refractivity contribution in [2.24, 2.45) is 10.7 Å². The van der Waals surface area contributed by atoms with Gasteiger partial charge in [-0.2, -0.15) is 5.10 Å². The fourth-order valence-electron chi connectivity index (χ4n) is 2.09. The number of benzene rings is 1. The SMILES string of the molecule is CN(C)CCCn1nc(C(N)=Nc2ccccc2)c(N)cc1=O. The third-order valence-corrected chi connectivity index (χ3v) is 3.25. The minimum atomic E-state index is -0.238. The summed E-state index contributed by atoms with van der Waals surface area (Å²) in [7, 11) is 3.96. The van der Waals surface area contributed by atoms with Crippen LogP contribution in [-0.4, -0.2) is 41.2 Å². The molecular weight excluding hydrogens is 292 g/mol. The Morgan fingerprint density at radius 3 is 2.65 bits per heavy atom. The standard InChI is InChI=1S/C16H22N6O/c1-21(2)9-6-10-22-14(23)11-13(17)15(20-22)16(18)19-12-7-4-3-5-8-12/h3-5,7-8,11H,6,9-10,17H2,1-2H3,(H2,18,19). The summed E-state index contributed by atoms with van der Waals surface area (Å²) >= 11 is 0. The molecule has 7 heteroatoms. The molecule has 0 saturated carbocycles. The zero-order chi connectivity index (χ0) is 16.8. The molecule has 1 heterocycles. The summed E-state index contributed by atoms with van der Waals surface area (Å²) < 4.78 is 1.38. The van der Waals surface area contributed by atoms with Crippen LogP contribution in [0, 0.1) is 0 Å². The molecule has 0 aliphatic rings. The molecule has 0 aliphatic carbocycles. The Kier molecular flexibility index (Phi) is 5.48. The van der Waals surface area contributed by atoms with Crippen LogP contribution in [0.4, 0.5) is 11.4 Å². The van der Waals surface area contributed by atoms with E-state index in [1.807, 2.05) is 44.4 Å². The lowest BCUT2D eigenvalue weighted by molar-refractivity contribution is 0.377. The summed E-state index contributed by atoms with van der Waals surface area (Å²) in [5, 5.41) is 4.27. The smallest absolute Gasteiger partial charge is 0.268 e. The Balaban J connectivity index is 2.27. The molecule has 1 aromatic heterocycles. The molecule has 0 saturated heterocycles. The van der Waals surface area contributed by atoms with E-state index in [-0.39, 0.29) is 17.1 Å². The molecule has 23 heavy (non-hydrogen) atoms. The van der Waals surface area contributed by atoms with Gasteiger partial charge in [0.05, 0.1) is 11.4 Å². The molecule has 4 N–H and O–H groups in total. The first-order valence-electron chi connectivity index (χ1n) is 7.39. The van der Waals surface area contributed by atoms with Crippen molar-refractivity contribution < 1.29 is 0 Å². The summed E-state index contributed by atoms with van der Waals surface area (Å²) in [5.41, 5.74) is 12.9. The number of nitrogen functional groups attached to an aromatic ring is 1. The van der Waals surface area contributed by atoms with Gasteiger partial charge in [0.1, 0.15) is 5.69 Å². The highest BCUT2D eigenvalue weighted by molar-refractivity contribution is 6.01. The van der Waals surface area contributed by atoms with Crippen LogP contribution < -0.4 is 17.0 Å². The van der Waals surface area contributed by atoms with Gasteiger partial charge < -0.3 is 16.4 Å². The Morgan fingerprint density at radius 1 is 1.30 bits per heavy atom. The molecule has 0 aliphatic heterocycles. The van der Waals surface area contributed by atoms with Crippen LogP contribution in [0.25, 0.3) is 0 Å². The van der Waals surface area contributed by atoms with Gasteiger partial charge in [-0.1, -0.05) is 18.2 Å². The summed E-state index contributed by atoms with van der Waals surface area (Å²) in [6.07, 6.45) is 0.805. The number of aliphatic imine (C=N–C) groups is 1. The minimum Gasteiger partial charge on any atom is -0.397 e. The van der Waals surface area contributed by atoms with Crippen LogP contribution in [0.3, 0.4) is 0 Å². The van der Waals surface area contributed by atoms with E-state index in [0.29, 0.717) is 17.9 Å². The number of hydrogen-bond acceptors (Lipinski definition) is 5. The van der Waals surface area contributed by atoms with E-state index in [1.54, 1.807) is 0 Å². The van der Waals surface area contributed by atoms with Crippen molar-refractivity contribution in [2.75, 3.05) is 26.4 Å². The lowest BCUT2D eigenvalue weighted by atomic mass is 10.3. The molecule has 0 bridgehead atoms. The first-order chi connectivity index (χ1) is 11.0. The third-order valence-electron chi connectivity index (χ3n) is 3.25. The maximum Gasteiger partial charge on any atom is 0.268 e. The van der Waals surface area contributed by atoms with Crippen molar-refractivity contribution in [3.8, 4) is 0 Å². The van der Waals surface area contributed by atoms with Crippen LogP contribution >= 0.6 is 0 Å². The monoisotopic (exact) mass is 314 g/mol. The predicted octanol–water partition coefficient (Wildman–Crippen LogP) is 0.814. The maximum atomic E-state index is 12.0. The van der Waals surface area contributed by atoms with E-state index < -0.39 is 0 Å². The second-order valence-electron chi connectivity index (χ2n) is 5.50. The van der Waals surface area contributed by atoms with Gasteiger partial charge in [-0.05, 0) is 39.2 Å². The summed E-state index contributed by atoms with van der Waals surface area (Å²) in [5.74, 6) is 0.190. The van der Waals surface area contributed by atoms with E-state index in [4.69, 9.17) is 11.5 Å². The number of rotatable bonds is 6. The Morgan fingerprint density at radius 2 is 2.00 bits per heavy atom. The average molecular weight is 314 g/mol. The van der Waals surface area contributed by atoms with Crippen molar-refractivity contribution in [3.05, 3.63) is 52.4 Å². The number of aryl methyl sites for hydroxylation is 1. The molecular formula is C16H22N6O. The molecule has 0 atom stereocenters. The van der Waals surface area contributed by atoms with Crippen molar-refractivity contribution in [2.45, 2.75) is 13.0 Å². The third kappa shape index (κ3) is 4.65. The number of aromatic nitrogens is 2.